The van der Waals surface area contributed by atoms with Crippen molar-refractivity contribution in [1.29, 1.82) is 0 Å². The number of halogens is 1. The maximum absolute atomic E-state index is 9.29. The smallest absolute Gasteiger partial charge is 0.781 e. The van der Waals surface area contributed by atoms with E-state index in [4.69, 9.17) is 16.7 Å². The molecule has 0 heterocycles. The zero-order valence-corrected chi connectivity index (χ0v) is 17.2. The van der Waals surface area contributed by atoms with Crippen molar-refractivity contribution in [2.24, 2.45) is 0 Å². The molecule has 1 N–H and O–H groups in total. The molecule has 0 aromatic rings. The molecule has 11 nitrogen and oxygen atoms in total. The van der Waals surface area contributed by atoms with Gasteiger partial charge in [0.1, 0.15) is 33.0 Å². The molecule has 0 radical (unpaired) electrons. The van der Waals surface area contributed by atoms with Crippen LogP contribution in [0.2, 0.25) is 0 Å². The number of aliphatic hydroxyl groups excluding tert-OH is 1. The van der Waals surface area contributed by atoms with Crippen LogP contribution in [0.1, 0.15) is 0 Å². The number of hydrogen-bond donors (Lipinski definition) is 1. The second kappa shape index (κ2) is 22.1. The van der Waals surface area contributed by atoms with Crippen LogP contribution in [0.4, 0.5) is 0 Å². The standard InChI is InChI=1S/C2H5ClO.Hf.2H4O5P2/c3-1-2-4;;2*1-6(2)5-7(3)4/h4H,1-2H2;;2*6-7H,(H,1,2)(H,3,4)/q;+4;;/p-4. The van der Waals surface area contributed by atoms with Gasteiger partial charge in [-0.1, -0.05) is 0 Å². The molecule has 0 aromatic heterocycles. The van der Waals surface area contributed by atoms with Crippen LogP contribution < -0.4 is 19.6 Å². The van der Waals surface area contributed by atoms with E-state index in [0.717, 1.165) is 0 Å². The minimum absolute atomic E-state index is 0. The van der Waals surface area contributed by atoms with E-state index in [1.165, 1.54) is 0 Å². The Morgan fingerprint density at radius 3 is 1.00 bits per heavy atom. The largest absolute Gasteiger partial charge is 4.00 e. The van der Waals surface area contributed by atoms with E-state index >= 15 is 0 Å². The molecule has 0 aromatic carbocycles. The summed E-state index contributed by atoms with van der Waals surface area (Å²) >= 11 is 4.94. The first kappa shape index (κ1) is 28.9. The van der Waals surface area contributed by atoms with Crippen LogP contribution in [0.3, 0.4) is 0 Å². The van der Waals surface area contributed by atoms with Crippen molar-refractivity contribution in [3.63, 3.8) is 0 Å². The molecule has 17 heteroatoms. The Morgan fingerprint density at radius 1 is 0.842 bits per heavy atom. The summed E-state index contributed by atoms with van der Waals surface area (Å²) in [5.74, 6) is 0.347. The maximum Gasteiger partial charge on any atom is 4.00 e. The van der Waals surface area contributed by atoms with E-state index in [9.17, 15) is 37.8 Å². The molecule has 0 spiro atoms. The third kappa shape index (κ3) is 53.8. The number of alkyl halides is 1. The normalized spacial score (nSPS) is 15.3. The van der Waals surface area contributed by atoms with Crippen molar-refractivity contribution in [3.8, 4) is 0 Å². The molecule has 114 valence electrons. The van der Waals surface area contributed by atoms with Crippen LogP contribution in [0, 0.1) is 0 Å². The monoisotopic (exact) mass is 548 g/mol. The van der Waals surface area contributed by atoms with Crippen molar-refractivity contribution in [1.82, 2.24) is 0 Å². The van der Waals surface area contributed by atoms with E-state index in [0.29, 0.717) is 5.88 Å². The van der Waals surface area contributed by atoms with Gasteiger partial charge in [-0.25, -0.2) is 0 Å². The van der Waals surface area contributed by atoms with Crippen molar-refractivity contribution < 1.29 is 77.4 Å². The fraction of sp³-hybridized carbons (Fsp3) is 1.00. The van der Waals surface area contributed by atoms with E-state index < -0.39 is 33.0 Å². The second-order valence-corrected chi connectivity index (χ2v) is 5.63. The predicted molar refractivity (Wildman–Crippen MR) is 56.0 cm³/mol. The second-order valence-electron chi connectivity index (χ2n) is 1.62. The number of rotatable bonds is 5. The Bertz CT molecular complexity index is 234. The summed E-state index contributed by atoms with van der Waals surface area (Å²) in [5, 5.41) is 7.74. The fourth-order valence-electron chi connectivity index (χ4n) is 0.136. The van der Waals surface area contributed by atoms with Gasteiger partial charge < -0.3 is 42.9 Å². The molecule has 0 amide bonds. The summed E-state index contributed by atoms with van der Waals surface area (Å²) in [7, 11) is -14.1. The molecule has 0 saturated heterocycles. The Hall–Kier alpha value is 1.80. The van der Waals surface area contributed by atoms with Gasteiger partial charge in [-0.2, -0.15) is 0 Å². The summed E-state index contributed by atoms with van der Waals surface area (Å²) in [6.07, 6.45) is 0. The fourth-order valence-corrected chi connectivity index (χ4v) is 1.22. The van der Waals surface area contributed by atoms with Gasteiger partial charge in [-0.05, 0) is 0 Å². The minimum atomic E-state index is -3.51. The molecular formula is C2H9ClHfO11P4. The molecule has 0 aliphatic carbocycles. The maximum atomic E-state index is 9.29. The van der Waals surface area contributed by atoms with Gasteiger partial charge >= 0.3 is 25.8 Å². The Labute approximate surface area is 134 Å². The molecule has 0 aliphatic rings. The Morgan fingerprint density at radius 2 is 1.00 bits per heavy atom. The first-order valence-electron chi connectivity index (χ1n) is 3.53. The molecule has 0 rings (SSSR count). The first-order valence-corrected chi connectivity index (χ1v) is 8.97. The van der Waals surface area contributed by atoms with Crippen molar-refractivity contribution in [2.75, 3.05) is 12.5 Å². The van der Waals surface area contributed by atoms with Crippen LogP contribution in [0.25, 0.3) is 0 Å². The summed E-state index contributed by atoms with van der Waals surface area (Å²) in [6, 6.07) is 0. The third-order valence-electron chi connectivity index (χ3n) is 0.418. The Balaban J connectivity index is -0.0000000900. The van der Waals surface area contributed by atoms with E-state index in [2.05, 4.69) is 8.62 Å². The van der Waals surface area contributed by atoms with Gasteiger partial charge in [0.15, 0.2) is 0 Å². The number of hydrogen-bond acceptors (Lipinski definition) is 11. The summed E-state index contributed by atoms with van der Waals surface area (Å²) in [4.78, 5) is 37.1. The molecule has 0 bridgehead atoms. The van der Waals surface area contributed by atoms with Gasteiger partial charge in [0, 0.05) is 5.88 Å². The molecular weight excluding hydrogens is 538 g/mol. The van der Waals surface area contributed by atoms with Gasteiger partial charge in [-0.15, -0.1) is 11.6 Å². The van der Waals surface area contributed by atoms with Crippen molar-refractivity contribution in [3.05, 3.63) is 0 Å². The van der Waals surface area contributed by atoms with E-state index in [1.54, 1.807) is 0 Å². The predicted octanol–water partition coefficient (Wildman–Crippen LogP) is -2.78. The summed E-state index contributed by atoms with van der Waals surface area (Å²) in [5.41, 5.74) is 0. The van der Waals surface area contributed by atoms with Gasteiger partial charge in [-0.3, -0.25) is 8.62 Å². The topological polar surface area (TPSA) is 199 Å². The van der Waals surface area contributed by atoms with Crippen LogP contribution in [0.5, 0.6) is 0 Å². The van der Waals surface area contributed by atoms with Gasteiger partial charge in [0.05, 0.1) is 6.61 Å². The van der Waals surface area contributed by atoms with Crippen LogP contribution in [-0.2, 0) is 52.7 Å². The first-order chi connectivity index (χ1) is 8.17. The molecule has 0 fully saturated rings. The van der Waals surface area contributed by atoms with Crippen molar-refractivity contribution >= 4 is 44.6 Å². The zero-order chi connectivity index (χ0) is 15.1. The molecule has 4 atom stereocenters. The molecule has 0 saturated carbocycles. The molecule has 0 aliphatic heterocycles. The van der Waals surface area contributed by atoms with Gasteiger partial charge in [0.25, 0.3) is 0 Å². The average molecular weight is 547 g/mol. The molecule has 4 unspecified atom stereocenters. The van der Waals surface area contributed by atoms with E-state index in [1.807, 2.05) is 0 Å². The van der Waals surface area contributed by atoms with Crippen molar-refractivity contribution in [2.45, 2.75) is 0 Å². The minimum Gasteiger partial charge on any atom is -0.781 e. The summed E-state index contributed by atoms with van der Waals surface area (Å²) in [6.45, 7) is 0.0849. The summed E-state index contributed by atoms with van der Waals surface area (Å²) < 4.78 is 43.6. The SMILES string of the molecule is O=[PH]([O-])O[PH](=O)[O-].O=[PH]([O-])O[PH](=O)[O-].OCCCl.[Hf+4]. The average Bonchev–Trinajstić information content (AvgIpc) is 2.14. The Kier molecular flexibility index (Phi) is 33.6. The zero-order valence-electron chi connectivity index (χ0n) is 8.82. The quantitative estimate of drug-likeness (QED) is 0.212. The van der Waals surface area contributed by atoms with Crippen LogP contribution in [-0.4, -0.2) is 17.6 Å². The molecule has 19 heavy (non-hydrogen) atoms. The van der Waals surface area contributed by atoms with Gasteiger partial charge in [0.2, 0.25) is 0 Å². The number of aliphatic hydroxyl groups is 1. The van der Waals surface area contributed by atoms with Crippen LogP contribution in [0.15, 0.2) is 0 Å². The van der Waals surface area contributed by atoms with Crippen LogP contribution >= 0.6 is 44.6 Å². The third-order valence-corrected chi connectivity index (χ3v) is 3.25. The van der Waals surface area contributed by atoms with E-state index in [-0.39, 0.29) is 32.5 Å².